The number of amides is 2. The molecule has 0 aliphatic carbocycles. The van der Waals surface area contributed by atoms with E-state index in [1.807, 2.05) is 0 Å². The Balaban J connectivity index is 1.75. The molecular weight excluding hydrogens is 357 g/mol. The van der Waals surface area contributed by atoms with Crippen LogP contribution in [0.3, 0.4) is 0 Å². The molecule has 2 aromatic rings. The van der Waals surface area contributed by atoms with Crippen LogP contribution in [0.25, 0.3) is 0 Å². The number of hydrogen-bond acceptors (Lipinski definition) is 2. The number of anilines is 1. The lowest BCUT2D eigenvalue weighted by Gasteiger charge is -2.08. The van der Waals surface area contributed by atoms with Crippen LogP contribution in [0.15, 0.2) is 36.4 Å². The summed E-state index contributed by atoms with van der Waals surface area (Å²) in [6, 6.07) is 6.45. The molecule has 0 unspecified atom stereocenters. The molecular formula is C17H14ClF3N2O2. The van der Waals surface area contributed by atoms with E-state index in [4.69, 9.17) is 11.6 Å². The van der Waals surface area contributed by atoms with Crippen LogP contribution in [-0.4, -0.2) is 18.4 Å². The van der Waals surface area contributed by atoms with E-state index in [1.165, 1.54) is 12.1 Å². The number of hydrogen-bond donors (Lipinski definition) is 2. The topological polar surface area (TPSA) is 58.2 Å². The van der Waals surface area contributed by atoms with Crippen LogP contribution in [0.1, 0.15) is 23.2 Å². The summed E-state index contributed by atoms with van der Waals surface area (Å²) < 4.78 is 39.2. The Morgan fingerprint density at radius 1 is 1.00 bits per heavy atom. The van der Waals surface area contributed by atoms with Crippen molar-refractivity contribution >= 4 is 29.1 Å². The zero-order valence-corrected chi connectivity index (χ0v) is 13.7. The van der Waals surface area contributed by atoms with Gasteiger partial charge in [-0.15, -0.1) is 0 Å². The van der Waals surface area contributed by atoms with Gasteiger partial charge in [0.25, 0.3) is 5.91 Å². The molecule has 0 saturated carbocycles. The van der Waals surface area contributed by atoms with Crippen LogP contribution >= 0.6 is 11.6 Å². The first kappa shape index (κ1) is 18.8. The molecule has 0 aromatic heterocycles. The molecule has 0 saturated heterocycles. The van der Waals surface area contributed by atoms with Gasteiger partial charge in [-0.2, -0.15) is 0 Å². The minimum Gasteiger partial charge on any atom is -0.352 e. The first-order valence-corrected chi connectivity index (χ1v) is 7.73. The van der Waals surface area contributed by atoms with Gasteiger partial charge in [0.15, 0.2) is 0 Å². The quantitative estimate of drug-likeness (QED) is 0.757. The number of carbonyl (C=O) groups is 2. The highest BCUT2D eigenvalue weighted by molar-refractivity contribution is 6.31. The summed E-state index contributed by atoms with van der Waals surface area (Å²) >= 11 is 5.61. The third kappa shape index (κ3) is 5.49. The summed E-state index contributed by atoms with van der Waals surface area (Å²) in [5.74, 6) is -3.35. The van der Waals surface area contributed by atoms with Crippen molar-refractivity contribution in [2.24, 2.45) is 0 Å². The zero-order chi connectivity index (χ0) is 18.4. The fourth-order valence-electron chi connectivity index (χ4n) is 2.02. The Labute approximate surface area is 147 Å². The van der Waals surface area contributed by atoms with Gasteiger partial charge < -0.3 is 10.6 Å². The Morgan fingerprint density at radius 3 is 2.44 bits per heavy atom. The van der Waals surface area contributed by atoms with Crippen LogP contribution in [0.5, 0.6) is 0 Å². The van der Waals surface area contributed by atoms with Gasteiger partial charge >= 0.3 is 0 Å². The Hall–Kier alpha value is -2.54. The molecule has 2 amide bonds. The molecule has 0 atom stereocenters. The van der Waals surface area contributed by atoms with Gasteiger partial charge in [-0.3, -0.25) is 9.59 Å². The summed E-state index contributed by atoms with van der Waals surface area (Å²) in [7, 11) is 0. The van der Waals surface area contributed by atoms with Crippen molar-refractivity contribution in [2.45, 2.75) is 12.8 Å². The number of halogens is 4. The predicted octanol–water partition coefficient (Wildman–Crippen LogP) is 3.91. The third-order valence-corrected chi connectivity index (χ3v) is 3.53. The maximum atomic E-state index is 13.4. The second-order valence-corrected chi connectivity index (χ2v) is 5.57. The van der Waals surface area contributed by atoms with Gasteiger partial charge in [0.2, 0.25) is 5.91 Å². The van der Waals surface area contributed by atoms with E-state index >= 15 is 0 Å². The molecule has 132 valence electrons. The van der Waals surface area contributed by atoms with E-state index in [0.717, 1.165) is 18.2 Å². The average molecular weight is 371 g/mol. The molecule has 4 nitrogen and oxygen atoms in total. The normalized spacial score (nSPS) is 10.4. The fourth-order valence-corrected chi connectivity index (χ4v) is 2.20. The average Bonchev–Trinajstić information content (AvgIpc) is 2.55. The van der Waals surface area contributed by atoms with Gasteiger partial charge in [-0.1, -0.05) is 11.6 Å². The smallest absolute Gasteiger partial charge is 0.254 e. The van der Waals surface area contributed by atoms with Crippen molar-refractivity contribution in [3.8, 4) is 0 Å². The fraction of sp³-hybridized carbons (Fsp3) is 0.176. The summed E-state index contributed by atoms with van der Waals surface area (Å²) in [6.07, 6.45) is 0.385. The summed E-state index contributed by atoms with van der Waals surface area (Å²) in [6.45, 7) is 0.132. The molecule has 0 aliphatic rings. The highest BCUT2D eigenvalue weighted by atomic mass is 35.5. The SMILES string of the molecule is O=C(CCCNC(=O)c1ccc(F)cc1F)Nc1ccc(F)c(Cl)c1. The van der Waals surface area contributed by atoms with Crippen molar-refractivity contribution in [3.05, 3.63) is 64.4 Å². The molecule has 0 fully saturated rings. The number of nitrogens with one attached hydrogen (secondary N) is 2. The number of benzene rings is 2. The maximum Gasteiger partial charge on any atom is 0.254 e. The summed E-state index contributed by atoms with van der Waals surface area (Å²) in [5.41, 5.74) is 0.0839. The Bertz CT molecular complexity index is 799. The minimum absolute atomic E-state index is 0.0845. The number of carbonyl (C=O) groups excluding carboxylic acids is 2. The maximum absolute atomic E-state index is 13.4. The lowest BCUT2D eigenvalue weighted by Crippen LogP contribution is -2.26. The zero-order valence-electron chi connectivity index (χ0n) is 12.9. The van der Waals surface area contributed by atoms with E-state index < -0.39 is 23.4 Å². The van der Waals surface area contributed by atoms with E-state index in [0.29, 0.717) is 18.2 Å². The third-order valence-electron chi connectivity index (χ3n) is 3.25. The largest absolute Gasteiger partial charge is 0.352 e. The van der Waals surface area contributed by atoms with Gasteiger partial charge in [-0.05, 0) is 36.8 Å². The van der Waals surface area contributed by atoms with E-state index in [9.17, 15) is 22.8 Å². The van der Waals surface area contributed by atoms with Crippen LogP contribution in [-0.2, 0) is 4.79 Å². The second kappa shape index (κ2) is 8.53. The second-order valence-electron chi connectivity index (χ2n) is 5.16. The lowest BCUT2D eigenvalue weighted by atomic mass is 10.2. The summed E-state index contributed by atoms with van der Waals surface area (Å²) in [4.78, 5) is 23.5. The molecule has 0 radical (unpaired) electrons. The molecule has 2 N–H and O–H groups in total. The van der Waals surface area contributed by atoms with Crippen LogP contribution < -0.4 is 10.6 Å². The molecule has 2 aromatic carbocycles. The molecule has 8 heteroatoms. The molecule has 0 heterocycles. The van der Waals surface area contributed by atoms with Crippen LogP contribution in [0.4, 0.5) is 18.9 Å². The monoisotopic (exact) mass is 370 g/mol. The Morgan fingerprint density at radius 2 is 1.76 bits per heavy atom. The lowest BCUT2D eigenvalue weighted by molar-refractivity contribution is -0.116. The van der Waals surface area contributed by atoms with Crippen molar-refractivity contribution in [1.29, 1.82) is 0 Å². The predicted molar refractivity (Wildman–Crippen MR) is 88.0 cm³/mol. The van der Waals surface area contributed by atoms with E-state index in [2.05, 4.69) is 10.6 Å². The van der Waals surface area contributed by atoms with E-state index in [-0.39, 0.29) is 29.5 Å². The minimum atomic E-state index is -0.955. The van der Waals surface area contributed by atoms with Gasteiger partial charge in [0, 0.05) is 24.7 Å². The highest BCUT2D eigenvalue weighted by Gasteiger charge is 2.12. The van der Waals surface area contributed by atoms with Crippen LogP contribution in [0.2, 0.25) is 5.02 Å². The molecule has 0 bridgehead atoms. The first-order chi connectivity index (χ1) is 11.9. The highest BCUT2D eigenvalue weighted by Crippen LogP contribution is 2.19. The van der Waals surface area contributed by atoms with E-state index in [1.54, 1.807) is 0 Å². The van der Waals surface area contributed by atoms with Crippen molar-refractivity contribution < 1.29 is 22.8 Å². The Kier molecular flexibility index (Phi) is 6.41. The molecule has 2 rings (SSSR count). The van der Waals surface area contributed by atoms with Gasteiger partial charge in [0.1, 0.15) is 17.5 Å². The first-order valence-electron chi connectivity index (χ1n) is 7.35. The van der Waals surface area contributed by atoms with Gasteiger partial charge in [0.05, 0.1) is 10.6 Å². The van der Waals surface area contributed by atoms with Crippen molar-refractivity contribution in [2.75, 3.05) is 11.9 Å². The van der Waals surface area contributed by atoms with Crippen molar-refractivity contribution in [1.82, 2.24) is 5.32 Å². The molecule has 25 heavy (non-hydrogen) atoms. The molecule has 0 spiro atoms. The standard InChI is InChI=1S/C17H14ClF3N2O2/c18-13-9-11(4-6-14(13)20)23-16(24)2-1-7-22-17(25)12-5-3-10(19)8-15(12)21/h3-6,8-9H,1-2,7H2,(H,22,25)(H,23,24). The summed E-state index contributed by atoms with van der Waals surface area (Å²) in [5, 5.41) is 4.88. The van der Waals surface area contributed by atoms with Gasteiger partial charge in [-0.25, -0.2) is 13.2 Å². The van der Waals surface area contributed by atoms with Crippen LogP contribution in [0, 0.1) is 17.5 Å². The van der Waals surface area contributed by atoms with Crippen molar-refractivity contribution in [3.63, 3.8) is 0 Å². The molecule has 0 aliphatic heterocycles. The number of rotatable bonds is 6.